The maximum Gasteiger partial charge on any atom is 0.127 e. The van der Waals surface area contributed by atoms with Crippen LogP contribution in [0.2, 0.25) is 0 Å². The highest BCUT2D eigenvalue weighted by Crippen LogP contribution is 2.45. The molecule has 0 spiro atoms. The molecule has 86 valence electrons. The van der Waals surface area contributed by atoms with Crippen LogP contribution in [0.5, 0.6) is 0 Å². The molecule has 0 aliphatic heterocycles. The molecule has 0 radical (unpaired) electrons. The summed E-state index contributed by atoms with van der Waals surface area (Å²) < 4.78 is 13.9. The molecule has 0 bridgehead atoms. The number of benzene rings is 1. The molecule has 1 aromatic carbocycles. The average molecular weight is 219 g/mol. The first-order valence-corrected chi connectivity index (χ1v) is 6.28. The first-order valence-electron chi connectivity index (χ1n) is 6.28. The Morgan fingerprint density at radius 1 is 1.31 bits per heavy atom. The summed E-state index contributed by atoms with van der Waals surface area (Å²) in [6.45, 7) is 2.18. The molecule has 2 heteroatoms. The van der Waals surface area contributed by atoms with Crippen LogP contribution in [0.25, 0.3) is 0 Å². The second-order valence-corrected chi connectivity index (χ2v) is 5.30. The Morgan fingerprint density at radius 3 is 2.69 bits per heavy atom. The van der Waals surface area contributed by atoms with Crippen molar-refractivity contribution >= 4 is 5.69 Å². The summed E-state index contributed by atoms with van der Waals surface area (Å²) in [5.41, 5.74) is 10.1. The van der Waals surface area contributed by atoms with Gasteiger partial charge in [0.1, 0.15) is 5.82 Å². The fraction of sp³-hybridized carbons (Fsp3) is 0.571. The predicted octanol–water partition coefficient (Wildman–Crippen LogP) is 3.41. The van der Waals surface area contributed by atoms with E-state index in [0.29, 0.717) is 5.92 Å². The summed E-state index contributed by atoms with van der Waals surface area (Å²) in [6, 6.07) is 1.70. The molecule has 1 unspecified atom stereocenters. The Kier molecular flexibility index (Phi) is 2.20. The van der Waals surface area contributed by atoms with E-state index in [1.807, 2.05) is 0 Å². The van der Waals surface area contributed by atoms with Gasteiger partial charge < -0.3 is 5.73 Å². The summed E-state index contributed by atoms with van der Waals surface area (Å²) in [5.74, 6) is 1.14. The third-order valence-electron chi connectivity index (χ3n) is 4.24. The lowest BCUT2D eigenvalue weighted by Gasteiger charge is -2.17. The highest BCUT2D eigenvalue weighted by molar-refractivity contribution is 5.60. The van der Waals surface area contributed by atoms with Crippen LogP contribution in [0.15, 0.2) is 6.07 Å². The lowest BCUT2D eigenvalue weighted by molar-refractivity contribution is 0.600. The number of anilines is 1. The summed E-state index contributed by atoms with van der Waals surface area (Å²) in [7, 11) is 0. The van der Waals surface area contributed by atoms with E-state index in [1.165, 1.54) is 12.8 Å². The van der Waals surface area contributed by atoms with E-state index in [1.54, 1.807) is 6.07 Å². The molecule has 0 aromatic heterocycles. The topological polar surface area (TPSA) is 26.0 Å². The molecule has 2 aliphatic carbocycles. The zero-order valence-corrected chi connectivity index (χ0v) is 9.72. The second kappa shape index (κ2) is 3.47. The van der Waals surface area contributed by atoms with Crippen molar-refractivity contribution in [1.29, 1.82) is 0 Å². The minimum absolute atomic E-state index is 0.0239. The van der Waals surface area contributed by atoms with Crippen LogP contribution < -0.4 is 5.73 Å². The van der Waals surface area contributed by atoms with Crippen LogP contribution in [0.3, 0.4) is 0 Å². The Hall–Kier alpha value is -1.05. The van der Waals surface area contributed by atoms with E-state index in [-0.39, 0.29) is 5.82 Å². The third-order valence-corrected chi connectivity index (χ3v) is 4.24. The van der Waals surface area contributed by atoms with Crippen LogP contribution in [-0.4, -0.2) is 0 Å². The van der Waals surface area contributed by atoms with Crippen molar-refractivity contribution in [3.05, 3.63) is 28.6 Å². The molecule has 2 N–H and O–H groups in total. The minimum Gasteiger partial charge on any atom is -0.398 e. The largest absolute Gasteiger partial charge is 0.398 e. The van der Waals surface area contributed by atoms with Crippen molar-refractivity contribution in [3.8, 4) is 0 Å². The number of halogens is 1. The number of fused-ring (bicyclic) bond motifs is 1. The van der Waals surface area contributed by atoms with Crippen molar-refractivity contribution < 1.29 is 4.39 Å². The molecule has 0 saturated heterocycles. The molecule has 0 heterocycles. The first-order chi connectivity index (χ1) is 7.68. The van der Waals surface area contributed by atoms with E-state index in [0.717, 1.165) is 47.6 Å². The van der Waals surface area contributed by atoms with E-state index in [4.69, 9.17) is 5.73 Å². The highest BCUT2D eigenvalue weighted by Gasteiger charge is 2.32. The molecule has 1 nitrogen and oxygen atoms in total. The average Bonchev–Trinajstić information content (AvgIpc) is 2.99. The fourth-order valence-electron chi connectivity index (χ4n) is 3.01. The van der Waals surface area contributed by atoms with Gasteiger partial charge in [-0.2, -0.15) is 0 Å². The molecular formula is C14H18FN. The van der Waals surface area contributed by atoms with E-state index >= 15 is 0 Å². The van der Waals surface area contributed by atoms with Crippen molar-refractivity contribution in [1.82, 2.24) is 0 Å². The zero-order chi connectivity index (χ0) is 11.3. The minimum atomic E-state index is -0.0239. The summed E-state index contributed by atoms with van der Waals surface area (Å²) in [6.07, 6.45) is 5.43. The quantitative estimate of drug-likeness (QED) is 0.758. The molecule has 1 saturated carbocycles. The monoisotopic (exact) mass is 219 g/mol. The Balaban J connectivity index is 2.08. The zero-order valence-electron chi connectivity index (χ0n) is 9.72. The van der Waals surface area contributed by atoms with Gasteiger partial charge in [0, 0.05) is 5.69 Å². The van der Waals surface area contributed by atoms with Gasteiger partial charge in [-0.05, 0) is 66.7 Å². The predicted molar refractivity (Wildman–Crippen MR) is 64.0 cm³/mol. The third kappa shape index (κ3) is 1.43. The molecular weight excluding hydrogens is 201 g/mol. The van der Waals surface area contributed by atoms with Gasteiger partial charge in [0.15, 0.2) is 0 Å². The molecule has 1 fully saturated rings. The van der Waals surface area contributed by atoms with Gasteiger partial charge in [-0.1, -0.05) is 6.92 Å². The molecule has 1 aromatic rings. The summed E-state index contributed by atoms with van der Waals surface area (Å²) >= 11 is 0. The standard InChI is InChI=1S/C14H18FN/c1-8(9-5-6-9)12-7-13(15)10-3-2-4-11(10)14(12)16/h7-9H,2-6,16H2,1H3. The molecule has 2 aliphatic rings. The summed E-state index contributed by atoms with van der Waals surface area (Å²) in [5, 5.41) is 0. The Morgan fingerprint density at radius 2 is 2.00 bits per heavy atom. The van der Waals surface area contributed by atoms with Crippen molar-refractivity contribution in [2.45, 2.75) is 44.9 Å². The molecule has 0 amide bonds. The van der Waals surface area contributed by atoms with Gasteiger partial charge in [-0.3, -0.25) is 0 Å². The Bertz CT molecular complexity index is 435. The van der Waals surface area contributed by atoms with Crippen molar-refractivity contribution in [2.24, 2.45) is 5.92 Å². The number of rotatable bonds is 2. The van der Waals surface area contributed by atoms with E-state index < -0.39 is 0 Å². The lowest BCUT2D eigenvalue weighted by Crippen LogP contribution is -2.06. The number of nitrogens with two attached hydrogens (primary N) is 1. The van der Waals surface area contributed by atoms with Gasteiger partial charge in [0.25, 0.3) is 0 Å². The van der Waals surface area contributed by atoms with Crippen LogP contribution in [-0.2, 0) is 12.8 Å². The van der Waals surface area contributed by atoms with E-state index in [2.05, 4.69) is 6.92 Å². The van der Waals surface area contributed by atoms with Gasteiger partial charge >= 0.3 is 0 Å². The highest BCUT2D eigenvalue weighted by atomic mass is 19.1. The first kappa shape index (κ1) is 10.1. The van der Waals surface area contributed by atoms with Crippen LogP contribution in [0, 0.1) is 11.7 Å². The molecule has 3 rings (SSSR count). The molecule has 1 atom stereocenters. The SMILES string of the molecule is CC(c1cc(F)c2c(c1N)CCC2)C1CC1. The smallest absolute Gasteiger partial charge is 0.127 e. The summed E-state index contributed by atoms with van der Waals surface area (Å²) in [4.78, 5) is 0. The number of nitrogen functional groups attached to an aromatic ring is 1. The number of hydrogen-bond acceptors (Lipinski definition) is 1. The van der Waals surface area contributed by atoms with Gasteiger partial charge in [0.05, 0.1) is 0 Å². The van der Waals surface area contributed by atoms with Gasteiger partial charge in [-0.15, -0.1) is 0 Å². The Labute approximate surface area is 95.8 Å². The normalized spacial score (nSPS) is 20.9. The van der Waals surface area contributed by atoms with Crippen LogP contribution in [0.4, 0.5) is 10.1 Å². The second-order valence-electron chi connectivity index (χ2n) is 5.30. The number of hydrogen-bond donors (Lipinski definition) is 1. The molecule has 16 heavy (non-hydrogen) atoms. The fourth-order valence-corrected chi connectivity index (χ4v) is 3.01. The van der Waals surface area contributed by atoms with Crippen LogP contribution in [0.1, 0.15) is 48.8 Å². The lowest BCUT2D eigenvalue weighted by atomic mass is 9.91. The van der Waals surface area contributed by atoms with E-state index in [9.17, 15) is 4.39 Å². The maximum absolute atomic E-state index is 13.9. The van der Waals surface area contributed by atoms with Crippen molar-refractivity contribution in [2.75, 3.05) is 5.73 Å². The van der Waals surface area contributed by atoms with Crippen LogP contribution >= 0.6 is 0 Å². The van der Waals surface area contributed by atoms with Gasteiger partial charge in [-0.25, -0.2) is 4.39 Å². The maximum atomic E-state index is 13.9. The van der Waals surface area contributed by atoms with Gasteiger partial charge in [0.2, 0.25) is 0 Å². The van der Waals surface area contributed by atoms with Crippen molar-refractivity contribution in [3.63, 3.8) is 0 Å².